The van der Waals surface area contributed by atoms with Gasteiger partial charge in [0.05, 0.1) is 5.60 Å². The van der Waals surface area contributed by atoms with E-state index in [2.05, 4.69) is 0 Å². The van der Waals surface area contributed by atoms with Crippen LogP contribution in [0.5, 0.6) is 0 Å². The minimum Gasteiger partial charge on any atom is -0.460 e. The minimum atomic E-state index is -1.90. The molecular formula is C25H32O6. The van der Waals surface area contributed by atoms with E-state index in [1.54, 1.807) is 33.8 Å². The van der Waals surface area contributed by atoms with Crippen LogP contribution >= 0.6 is 0 Å². The Morgan fingerprint density at radius 2 is 1.87 bits per heavy atom. The summed E-state index contributed by atoms with van der Waals surface area (Å²) in [6.07, 6.45) is 2.25. The highest BCUT2D eigenvalue weighted by Crippen LogP contribution is 2.55. The topological polar surface area (TPSA) is 78.9 Å². The molecular weight excluding hydrogens is 396 g/mol. The SMILES string of the molecule is CC(C)/C=C1\[C@H](C(=O)OCc2ccccc2)[C@@]2(C)CCC(=O)[C@]1(C(=O)OC(C)(C)C)O2. The van der Waals surface area contributed by atoms with Gasteiger partial charge in [0.15, 0.2) is 5.78 Å². The molecule has 0 amide bonds. The fraction of sp³-hybridized carbons (Fsp3) is 0.560. The number of ether oxygens (including phenoxy) is 3. The number of ketones is 1. The van der Waals surface area contributed by atoms with E-state index in [1.807, 2.05) is 44.2 Å². The molecule has 1 aromatic carbocycles. The molecule has 0 unspecified atom stereocenters. The van der Waals surface area contributed by atoms with Crippen LogP contribution in [0.25, 0.3) is 0 Å². The van der Waals surface area contributed by atoms with Gasteiger partial charge in [0, 0.05) is 6.42 Å². The molecule has 31 heavy (non-hydrogen) atoms. The normalized spacial score (nSPS) is 29.3. The molecule has 2 aliphatic heterocycles. The fourth-order valence-electron chi connectivity index (χ4n) is 4.34. The number of allylic oxidation sites excluding steroid dienone is 1. The van der Waals surface area contributed by atoms with E-state index >= 15 is 0 Å². The number of esters is 2. The Balaban J connectivity index is 2.01. The molecule has 2 fully saturated rings. The average Bonchev–Trinajstić information content (AvgIpc) is 2.88. The van der Waals surface area contributed by atoms with Crippen LogP contribution in [0.3, 0.4) is 0 Å². The van der Waals surface area contributed by atoms with Crippen LogP contribution in [0.4, 0.5) is 0 Å². The number of carbonyl (C=O) groups excluding carboxylic acids is 3. The van der Waals surface area contributed by atoms with Gasteiger partial charge in [0.2, 0.25) is 5.60 Å². The molecule has 0 radical (unpaired) electrons. The third-order valence-electron chi connectivity index (χ3n) is 5.61. The van der Waals surface area contributed by atoms with E-state index in [4.69, 9.17) is 14.2 Å². The number of fused-ring (bicyclic) bond motifs is 2. The van der Waals surface area contributed by atoms with Crippen molar-refractivity contribution >= 4 is 17.7 Å². The predicted octanol–water partition coefficient (Wildman–Crippen LogP) is 4.16. The molecule has 0 saturated carbocycles. The van der Waals surface area contributed by atoms with E-state index in [-0.39, 0.29) is 24.7 Å². The third-order valence-corrected chi connectivity index (χ3v) is 5.61. The Kier molecular flexibility index (Phi) is 6.16. The zero-order valence-corrected chi connectivity index (χ0v) is 19.2. The molecule has 0 aliphatic carbocycles. The first-order valence-corrected chi connectivity index (χ1v) is 10.8. The van der Waals surface area contributed by atoms with Crippen molar-refractivity contribution in [1.29, 1.82) is 0 Å². The lowest BCUT2D eigenvalue weighted by molar-refractivity contribution is -0.198. The molecule has 0 aromatic heterocycles. The zero-order valence-electron chi connectivity index (χ0n) is 19.2. The molecule has 3 rings (SSSR count). The monoisotopic (exact) mass is 428 g/mol. The third kappa shape index (κ3) is 4.45. The highest BCUT2D eigenvalue weighted by molar-refractivity contribution is 6.13. The first-order chi connectivity index (χ1) is 14.4. The first-order valence-electron chi connectivity index (χ1n) is 10.8. The average molecular weight is 429 g/mol. The van der Waals surface area contributed by atoms with Gasteiger partial charge in [-0.05, 0) is 51.2 Å². The van der Waals surface area contributed by atoms with Crippen LogP contribution in [0.2, 0.25) is 0 Å². The van der Waals surface area contributed by atoms with E-state index in [0.29, 0.717) is 12.0 Å². The van der Waals surface area contributed by atoms with Gasteiger partial charge in [-0.2, -0.15) is 0 Å². The van der Waals surface area contributed by atoms with Crippen molar-refractivity contribution in [3.63, 3.8) is 0 Å². The van der Waals surface area contributed by atoms with Gasteiger partial charge >= 0.3 is 11.9 Å². The summed E-state index contributed by atoms with van der Waals surface area (Å²) in [5.41, 5.74) is -2.53. The smallest absolute Gasteiger partial charge is 0.351 e. The van der Waals surface area contributed by atoms with Crippen molar-refractivity contribution in [2.45, 2.75) is 77.8 Å². The molecule has 2 saturated heterocycles. The second kappa shape index (κ2) is 8.23. The summed E-state index contributed by atoms with van der Waals surface area (Å²) in [6.45, 7) is 10.9. The van der Waals surface area contributed by atoms with Crippen LogP contribution in [0.1, 0.15) is 59.9 Å². The Hall–Kier alpha value is -2.47. The molecule has 2 aliphatic rings. The fourth-order valence-corrected chi connectivity index (χ4v) is 4.34. The lowest BCUT2D eigenvalue weighted by Crippen LogP contribution is -2.54. The van der Waals surface area contributed by atoms with Gasteiger partial charge in [-0.25, -0.2) is 4.79 Å². The van der Waals surface area contributed by atoms with Crippen LogP contribution in [0, 0.1) is 11.8 Å². The lowest BCUT2D eigenvalue weighted by Gasteiger charge is -2.37. The number of hydrogen-bond acceptors (Lipinski definition) is 6. The standard InChI is InChI=1S/C25H32O6/c1-16(2)14-18-20(21(27)29-15-17-10-8-7-9-11-17)24(6)13-12-19(26)25(18,31-24)22(28)30-23(3,4)5/h7-11,14,16,20H,12-13,15H2,1-6H3/b18-14+/t20-,24-,25-/m1/s1. The summed E-state index contributed by atoms with van der Waals surface area (Å²) in [6, 6.07) is 9.37. The van der Waals surface area contributed by atoms with E-state index in [0.717, 1.165) is 5.56 Å². The number of Topliss-reactive ketones (excluding diaryl/α,β-unsaturated/α-hetero) is 1. The highest BCUT2D eigenvalue weighted by Gasteiger charge is 2.70. The van der Waals surface area contributed by atoms with Crippen molar-refractivity contribution in [3.05, 3.63) is 47.5 Å². The highest BCUT2D eigenvalue weighted by atomic mass is 16.6. The summed E-state index contributed by atoms with van der Waals surface area (Å²) in [5.74, 6) is -2.51. The molecule has 0 spiro atoms. The Labute approximate surface area is 183 Å². The van der Waals surface area contributed by atoms with Crippen LogP contribution in [-0.2, 0) is 35.2 Å². The van der Waals surface area contributed by atoms with Gasteiger partial charge in [-0.15, -0.1) is 0 Å². The van der Waals surface area contributed by atoms with Crippen LogP contribution in [-0.4, -0.2) is 34.5 Å². The summed E-state index contributed by atoms with van der Waals surface area (Å²) in [4.78, 5) is 39.8. The van der Waals surface area contributed by atoms with Crippen LogP contribution < -0.4 is 0 Å². The lowest BCUT2D eigenvalue weighted by atomic mass is 9.80. The quantitative estimate of drug-likeness (QED) is 0.398. The molecule has 2 heterocycles. The molecule has 6 nitrogen and oxygen atoms in total. The van der Waals surface area contributed by atoms with Gasteiger partial charge in [0.25, 0.3) is 0 Å². The number of rotatable bonds is 5. The summed E-state index contributed by atoms with van der Waals surface area (Å²) in [5, 5.41) is 0. The number of benzene rings is 1. The molecule has 6 heteroatoms. The number of hydrogen-bond donors (Lipinski definition) is 0. The minimum absolute atomic E-state index is 0.0157. The predicted molar refractivity (Wildman–Crippen MR) is 115 cm³/mol. The molecule has 0 N–H and O–H groups in total. The maximum atomic E-state index is 13.3. The van der Waals surface area contributed by atoms with Crippen molar-refractivity contribution in [3.8, 4) is 0 Å². The summed E-state index contributed by atoms with van der Waals surface area (Å²) < 4.78 is 17.4. The first kappa shape index (κ1) is 23.2. The van der Waals surface area contributed by atoms with E-state index in [9.17, 15) is 14.4 Å². The second-order valence-electron chi connectivity index (χ2n) is 9.91. The van der Waals surface area contributed by atoms with Crippen molar-refractivity contribution < 1.29 is 28.6 Å². The van der Waals surface area contributed by atoms with Crippen molar-refractivity contribution in [1.82, 2.24) is 0 Å². The van der Waals surface area contributed by atoms with Crippen LogP contribution in [0.15, 0.2) is 42.0 Å². The van der Waals surface area contributed by atoms with E-state index in [1.165, 1.54) is 0 Å². The summed E-state index contributed by atoms with van der Waals surface area (Å²) >= 11 is 0. The van der Waals surface area contributed by atoms with Crippen molar-refractivity contribution in [2.75, 3.05) is 0 Å². The van der Waals surface area contributed by atoms with Crippen molar-refractivity contribution in [2.24, 2.45) is 11.8 Å². The summed E-state index contributed by atoms with van der Waals surface area (Å²) in [7, 11) is 0. The van der Waals surface area contributed by atoms with Gasteiger partial charge in [-0.1, -0.05) is 50.3 Å². The maximum Gasteiger partial charge on any atom is 0.351 e. The molecule has 168 valence electrons. The maximum absolute atomic E-state index is 13.3. The Morgan fingerprint density at radius 1 is 1.23 bits per heavy atom. The van der Waals surface area contributed by atoms with Gasteiger partial charge in [0.1, 0.15) is 18.1 Å². The largest absolute Gasteiger partial charge is 0.460 e. The Morgan fingerprint density at radius 3 is 2.45 bits per heavy atom. The Bertz CT molecular complexity index is 894. The van der Waals surface area contributed by atoms with E-state index < -0.39 is 34.7 Å². The van der Waals surface area contributed by atoms with Gasteiger partial charge in [-0.3, -0.25) is 9.59 Å². The second-order valence-corrected chi connectivity index (χ2v) is 9.91. The van der Waals surface area contributed by atoms with Gasteiger partial charge < -0.3 is 14.2 Å². The molecule has 1 aromatic rings. The number of carbonyl (C=O) groups is 3. The molecule has 2 bridgehead atoms. The zero-order chi connectivity index (χ0) is 23.0. The molecule has 3 atom stereocenters.